The van der Waals surface area contributed by atoms with Crippen molar-refractivity contribution in [3.63, 3.8) is 0 Å². The normalized spacial score (nSPS) is 11.8. The van der Waals surface area contributed by atoms with Gasteiger partial charge in [0.2, 0.25) is 0 Å². The molecule has 3 nitrogen and oxygen atoms in total. The minimum atomic E-state index is -0.383. The summed E-state index contributed by atoms with van der Waals surface area (Å²) in [6.45, 7) is 12.0. The predicted octanol–water partition coefficient (Wildman–Crippen LogP) is 4.68. The number of aromatic nitrogens is 2. The molecule has 0 bridgehead atoms. The number of halogens is 1. The molecule has 0 radical (unpaired) electrons. The van der Waals surface area contributed by atoms with Gasteiger partial charge in [-0.05, 0) is 39.0 Å². The van der Waals surface area contributed by atoms with E-state index in [1.54, 1.807) is 12.3 Å². The molecule has 0 saturated heterocycles. The van der Waals surface area contributed by atoms with Crippen LogP contribution in [0.5, 0.6) is 5.75 Å². The van der Waals surface area contributed by atoms with Gasteiger partial charge in [-0.15, -0.1) is 0 Å². The van der Waals surface area contributed by atoms with Crippen LogP contribution in [0, 0.1) is 12.7 Å². The molecule has 118 valence electrons. The third kappa shape index (κ3) is 3.62. The number of hydrogen-bond acceptors (Lipinski definition) is 3. The molecule has 0 atom stereocenters. The number of ether oxygens (including phenoxy) is 1. The molecule has 1 aromatic heterocycles. The van der Waals surface area contributed by atoms with Crippen molar-refractivity contribution in [2.45, 2.75) is 53.1 Å². The smallest absolute Gasteiger partial charge is 0.165 e. The molecule has 0 N–H and O–H groups in total. The number of nitrogens with zero attached hydrogens (tertiary/aromatic N) is 2. The molecular weight excluding hydrogens is 279 g/mol. The summed E-state index contributed by atoms with van der Waals surface area (Å²) >= 11 is 0. The van der Waals surface area contributed by atoms with Crippen molar-refractivity contribution in [2.24, 2.45) is 0 Å². The summed E-state index contributed by atoms with van der Waals surface area (Å²) in [5.41, 5.74) is 3.09. The van der Waals surface area contributed by atoms with Gasteiger partial charge >= 0.3 is 0 Å². The number of hydrogen-bond donors (Lipinski definition) is 0. The maximum atomic E-state index is 14.1. The van der Waals surface area contributed by atoms with Crippen molar-refractivity contribution in [3.8, 4) is 17.0 Å². The highest BCUT2D eigenvalue weighted by Crippen LogP contribution is 2.28. The van der Waals surface area contributed by atoms with Gasteiger partial charge in [0.25, 0.3) is 0 Å². The summed E-state index contributed by atoms with van der Waals surface area (Å²) in [5.74, 6) is -0.124. The monoisotopic (exact) mass is 302 g/mol. The zero-order valence-electron chi connectivity index (χ0n) is 14.1. The van der Waals surface area contributed by atoms with Crippen LogP contribution in [0.25, 0.3) is 11.3 Å². The van der Waals surface area contributed by atoms with Crippen LogP contribution in [0.1, 0.15) is 46.0 Å². The second-order valence-electron chi connectivity index (χ2n) is 6.75. The first-order valence-electron chi connectivity index (χ1n) is 7.49. The molecule has 0 amide bonds. The van der Waals surface area contributed by atoms with Crippen molar-refractivity contribution in [2.75, 3.05) is 0 Å². The summed E-state index contributed by atoms with van der Waals surface area (Å²) in [4.78, 5) is 9.08. The van der Waals surface area contributed by atoms with Gasteiger partial charge < -0.3 is 4.74 Å². The van der Waals surface area contributed by atoms with Crippen molar-refractivity contribution >= 4 is 0 Å². The van der Waals surface area contributed by atoms with Gasteiger partial charge in [-0.2, -0.15) is 0 Å². The third-order valence-corrected chi connectivity index (χ3v) is 3.26. The van der Waals surface area contributed by atoms with E-state index in [-0.39, 0.29) is 23.1 Å². The van der Waals surface area contributed by atoms with Crippen LogP contribution in [-0.4, -0.2) is 16.1 Å². The number of rotatable bonds is 3. The predicted molar refractivity (Wildman–Crippen MR) is 86.6 cm³/mol. The topological polar surface area (TPSA) is 35.0 Å². The molecule has 0 spiro atoms. The first kappa shape index (κ1) is 16.4. The van der Waals surface area contributed by atoms with Gasteiger partial charge in [0.15, 0.2) is 11.6 Å². The second-order valence-corrected chi connectivity index (χ2v) is 6.75. The van der Waals surface area contributed by atoms with E-state index in [4.69, 9.17) is 4.74 Å². The lowest BCUT2D eigenvalue weighted by molar-refractivity contribution is 0.231. The van der Waals surface area contributed by atoms with Crippen LogP contribution >= 0.6 is 0 Å². The van der Waals surface area contributed by atoms with E-state index >= 15 is 0 Å². The molecule has 0 aliphatic heterocycles. The lowest BCUT2D eigenvalue weighted by Crippen LogP contribution is -2.17. The first-order chi connectivity index (χ1) is 10.2. The van der Waals surface area contributed by atoms with Crippen molar-refractivity contribution in [1.29, 1.82) is 0 Å². The van der Waals surface area contributed by atoms with Crippen molar-refractivity contribution < 1.29 is 9.13 Å². The summed E-state index contributed by atoms with van der Waals surface area (Å²) < 4.78 is 19.6. The van der Waals surface area contributed by atoms with Gasteiger partial charge in [-0.3, -0.25) is 4.98 Å². The Morgan fingerprint density at radius 1 is 1.18 bits per heavy atom. The van der Waals surface area contributed by atoms with E-state index < -0.39 is 0 Å². The second kappa shape index (κ2) is 6.03. The molecular formula is C18H23FN2O. The molecule has 0 fully saturated rings. The average Bonchev–Trinajstić information content (AvgIpc) is 2.40. The molecule has 22 heavy (non-hydrogen) atoms. The van der Waals surface area contributed by atoms with Crippen LogP contribution in [0.15, 0.2) is 24.4 Å². The van der Waals surface area contributed by atoms with Crippen LogP contribution in [0.3, 0.4) is 0 Å². The summed E-state index contributed by atoms with van der Waals surface area (Å²) in [6, 6.07) is 4.90. The summed E-state index contributed by atoms with van der Waals surface area (Å²) in [7, 11) is 0. The fraction of sp³-hybridized carbons (Fsp3) is 0.444. The van der Waals surface area contributed by atoms with E-state index in [9.17, 15) is 4.39 Å². The highest BCUT2D eigenvalue weighted by atomic mass is 19.1. The molecule has 0 aliphatic rings. The zero-order chi connectivity index (χ0) is 16.5. The maximum Gasteiger partial charge on any atom is 0.165 e. The minimum Gasteiger partial charge on any atom is -0.488 e. The molecule has 2 rings (SSSR count). The number of benzene rings is 1. The van der Waals surface area contributed by atoms with E-state index in [1.807, 2.05) is 26.8 Å². The summed E-state index contributed by atoms with van der Waals surface area (Å²) in [5, 5.41) is 0. The van der Waals surface area contributed by atoms with Crippen molar-refractivity contribution in [1.82, 2.24) is 9.97 Å². The Labute approximate surface area is 131 Å². The van der Waals surface area contributed by atoms with E-state index in [1.165, 1.54) is 6.07 Å². The molecule has 0 aliphatic carbocycles. The average molecular weight is 302 g/mol. The quantitative estimate of drug-likeness (QED) is 0.826. The Morgan fingerprint density at radius 2 is 1.86 bits per heavy atom. The standard InChI is InChI=1S/C18H23FN2O/c1-11(2)22-16-8-7-13(9-14(16)19)15-10-20-12(3)17(21-15)18(4,5)6/h7-11H,1-6H3. The lowest BCUT2D eigenvalue weighted by Gasteiger charge is -2.20. The summed E-state index contributed by atoms with van der Waals surface area (Å²) in [6.07, 6.45) is 1.62. The molecule has 0 saturated carbocycles. The highest BCUT2D eigenvalue weighted by Gasteiger charge is 2.20. The van der Waals surface area contributed by atoms with Crippen LogP contribution in [0.4, 0.5) is 4.39 Å². The SMILES string of the molecule is Cc1ncc(-c2ccc(OC(C)C)c(F)c2)nc1C(C)(C)C. The molecule has 1 heterocycles. The van der Waals surface area contributed by atoms with Gasteiger partial charge in [-0.1, -0.05) is 20.8 Å². The Morgan fingerprint density at radius 3 is 2.41 bits per heavy atom. The van der Waals surface area contributed by atoms with Crippen LogP contribution in [0.2, 0.25) is 0 Å². The van der Waals surface area contributed by atoms with Gasteiger partial charge in [0.1, 0.15) is 0 Å². The molecule has 4 heteroatoms. The Hall–Kier alpha value is -1.97. The minimum absolute atomic E-state index is 0.0630. The third-order valence-electron chi connectivity index (χ3n) is 3.26. The fourth-order valence-electron chi connectivity index (χ4n) is 2.31. The lowest BCUT2D eigenvalue weighted by atomic mass is 9.90. The van der Waals surface area contributed by atoms with E-state index in [2.05, 4.69) is 30.7 Å². The zero-order valence-corrected chi connectivity index (χ0v) is 14.1. The maximum absolute atomic E-state index is 14.1. The molecule has 2 aromatic rings. The Balaban J connectivity index is 2.43. The fourth-order valence-corrected chi connectivity index (χ4v) is 2.31. The number of aryl methyl sites for hydroxylation is 1. The van der Waals surface area contributed by atoms with Gasteiger partial charge in [-0.25, -0.2) is 9.37 Å². The first-order valence-corrected chi connectivity index (χ1v) is 7.49. The van der Waals surface area contributed by atoms with E-state index in [0.717, 1.165) is 11.4 Å². The Kier molecular flexibility index (Phi) is 4.50. The van der Waals surface area contributed by atoms with Crippen molar-refractivity contribution in [3.05, 3.63) is 41.6 Å². The van der Waals surface area contributed by atoms with Gasteiger partial charge in [0.05, 0.1) is 29.4 Å². The highest BCUT2D eigenvalue weighted by molar-refractivity contribution is 5.60. The Bertz CT molecular complexity index is 675. The van der Waals surface area contributed by atoms with Crippen LogP contribution < -0.4 is 4.74 Å². The molecule has 1 aromatic carbocycles. The van der Waals surface area contributed by atoms with E-state index in [0.29, 0.717) is 11.3 Å². The van der Waals surface area contributed by atoms with Gasteiger partial charge in [0, 0.05) is 11.0 Å². The largest absolute Gasteiger partial charge is 0.488 e. The van der Waals surface area contributed by atoms with Crippen LogP contribution in [-0.2, 0) is 5.41 Å². The molecule has 0 unspecified atom stereocenters.